The fourth-order valence-electron chi connectivity index (χ4n) is 1.46. The zero-order valence-corrected chi connectivity index (χ0v) is 12.4. The van der Waals surface area contributed by atoms with Crippen LogP contribution in [0.3, 0.4) is 0 Å². The first-order valence-corrected chi connectivity index (χ1v) is 8.47. The van der Waals surface area contributed by atoms with Crippen LogP contribution < -0.4 is 11.1 Å². The van der Waals surface area contributed by atoms with Crippen LogP contribution >= 0.6 is 11.3 Å². The first-order chi connectivity index (χ1) is 8.81. The normalized spacial score (nSPS) is 12.4. The number of nitrogens with one attached hydrogen (secondary N) is 1. The third-order valence-corrected chi connectivity index (χ3v) is 4.18. The Balaban J connectivity index is 2.66. The van der Waals surface area contributed by atoms with E-state index in [1.165, 1.54) is 11.3 Å². The van der Waals surface area contributed by atoms with Gasteiger partial charge in [-0.05, 0) is 19.1 Å². The lowest BCUT2D eigenvalue weighted by Crippen LogP contribution is -2.36. The fraction of sp³-hybridized carbons (Fsp3) is 0.417. The van der Waals surface area contributed by atoms with E-state index in [1.807, 2.05) is 0 Å². The second-order valence-electron chi connectivity index (χ2n) is 4.14. The lowest BCUT2D eigenvalue weighted by Gasteiger charge is -2.11. The molecule has 0 saturated heterocycles. The van der Waals surface area contributed by atoms with Crippen LogP contribution in [-0.4, -0.2) is 38.9 Å². The fourth-order valence-corrected chi connectivity index (χ4v) is 3.23. The Morgan fingerprint density at radius 3 is 2.79 bits per heavy atom. The van der Waals surface area contributed by atoms with E-state index in [0.29, 0.717) is 4.88 Å². The van der Waals surface area contributed by atoms with E-state index >= 15 is 0 Å². The van der Waals surface area contributed by atoms with Gasteiger partial charge in [0.05, 0.1) is 22.1 Å². The quantitative estimate of drug-likeness (QED) is 0.779. The maximum Gasteiger partial charge on any atom is 0.261 e. The highest BCUT2D eigenvalue weighted by atomic mass is 32.2. The van der Waals surface area contributed by atoms with Gasteiger partial charge in [0.1, 0.15) is 9.84 Å². The minimum Gasteiger partial charge on any atom is -0.348 e. The number of nitrogens with two attached hydrogens (primary N) is 1. The molecule has 0 saturated carbocycles. The molecule has 0 aliphatic carbocycles. The highest BCUT2D eigenvalue weighted by Gasteiger charge is 2.15. The minimum atomic E-state index is -3.11. The number of hydrogen-bond donors (Lipinski definition) is 2. The summed E-state index contributed by atoms with van der Waals surface area (Å²) in [6.07, 6.45) is 1.14. The Hall–Kier alpha value is -1.36. The highest BCUT2D eigenvalue weighted by molar-refractivity contribution is 7.90. The molecule has 0 fully saturated rings. The van der Waals surface area contributed by atoms with Crippen molar-refractivity contribution in [2.75, 3.05) is 18.6 Å². The second-order valence-corrected chi connectivity index (χ2v) is 7.41. The molecule has 7 heteroatoms. The Labute approximate surface area is 117 Å². The summed E-state index contributed by atoms with van der Waals surface area (Å²) in [6.45, 7) is 1.92. The third-order valence-electron chi connectivity index (χ3n) is 2.07. The number of carbonyl (C=O) groups is 1. The van der Waals surface area contributed by atoms with Crippen LogP contribution in [0.15, 0.2) is 12.1 Å². The van der Waals surface area contributed by atoms with Gasteiger partial charge >= 0.3 is 0 Å². The molecule has 0 radical (unpaired) electrons. The van der Waals surface area contributed by atoms with E-state index in [4.69, 9.17) is 5.73 Å². The van der Waals surface area contributed by atoms with Crippen molar-refractivity contribution < 1.29 is 13.2 Å². The number of thiophene rings is 1. The molecule has 0 bridgehead atoms. The van der Waals surface area contributed by atoms with Crippen LogP contribution in [0.1, 0.15) is 21.5 Å². The third kappa shape index (κ3) is 5.87. The van der Waals surface area contributed by atoms with E-state index in [2.05, 4.69) is 17.2 Å². The Kier molecular flexibility index (Phi) is 5.54. The van der Waals surface area contributed by atoms with Crippen LogP contribution in [-0.2, 0) is 9.84 Å². The number of sulfone groups is 1. The Morgan fingerprint density at radius 1 is 1.53 bits per heavy atom. The molecule has 104 valence electrons. The van der Waals surface area contributed by atoms with Gasteiger partial charge in [-0.2, -0.15) is 0 Å². The van der Waals surface area contributed by atoms with Crippen molar-refractivity contribution in [3.63, 3.8) is 0 Å². The van der Waals surface area contributed by atoms with Crippen LogP contribution in [0.5, 0.6) is 0 Å². The summed E-state index contributed by atoms with van der Waals surface area (Å²) in [7, 11) is -3.11. The zero-order chi connectivity index (χ0) is 14.5. The molecule has 0 aromatic carbocycles. The van der Waals surface area contributed by atoms with Crippen molar-refractivity contribution in [2.45, 2.75) is 13.0 Å². The number of carbonyl (C=O) groups excluding carboxylic acids is 1. The summed E-state index contributed by atoms with van der Waals surface area (Å²) in [5, 5.41) is 2.64. The van der Waals surface area contributed by atoms with Crippen molar-refractivity contribution >= 4 is 27.1 Å². The van der Waals surface area contributed by atoms with Crippen LogP contribution in [0, 0.1) is 11.8 Å². The van der Waals surface area contributed by atoms with E-state index in [0.717, 1.165) is 11.1 Å². The number of amides is 1. The van der Waals surface area contributed by atoms with Gasteiger partial charge in [-0.25, -0.2) is 8.42 Å². The monoisotopic (exact) mass is 300 g/mol. The summed E-state index contributed by atoms with van der Waals surface area (Å²) < 4.78 is 22.2. The van der Waals surface area contributed by atoms with Gasteiger partial charge in [0.15, 0.2) is 0 Å². The molecular formula is C12H16N2O3S2. The van der Waals surface area contributed by atoms with E-state index in [1.54, 1.807) is 19.1 Å². The molecule has 1 amide bonds. The molecule has 0 aliphatic heterocycles. The molecular weight excluding hydrogens is 284 g/mol. The van der Waals surface area contributed by atoms with E-state index < -0.39 is 15.9 Å². The molecule has 5 nitrogen and oxygen atoms in total. The predicted octanol–water partition coefficient (Wildman–Crippen LogP) is 0.221. The SMILES string of the molecule is CC(CS(C)(=O)=O)NC(=O)c1ccc(C#CCN)s1. The van der Waals surface area contributed by atoms with E-state index in [9.17, 15) is 13.2 Å². The first kappa shape index (κ1) is 15.7. The average molecular weight is 300 g/mol. The lowest BCUT2D eigenvalue weighted by molar-refractivity contribution is 0.0948. The van der Waals surface area contributed by atoms with Gasteiger partial charge in [0, 0.05) is 12.3 Å². The van der Waals surface area contributed by atoms with Crippen LogP contribution in [0.2, 0.25) is 0 Å². The maximum absolute atomic E-state index is 11.9. The van der Waals surface area contributed by atoms with Crippen molar-refractivity contribution in [2.24, 2.45) is 5.73 Å². The first-order valence-electron chi connectivity index (χ1n) is 5.59. The molecule has 1 aromatic heterocycles. The largest absolute Gasteiger partial charge is 0.348 e. The van der Waals surface area contributed by atoms with Crippen molar-refractivity contribution in [3.8, 4) is 11.8 Å². The molecule has 3 N–H and O–H groups in total. The molecule has 1 aromatic rings. The summed E-state index contributed by atoms with van der Waals surface area (Å²) in [5.74, 6) is 5.18. The maximum atomic E-state index is 11.9. The van der Waals surface area contributed by atoms with Gasteiger partial charge in [-0.1, -0.05) is 11.8 Å². The highest BCUT2D eigenvalue weighted by Crippen LogP contribution is 2.15. The van der Waals surface area contributed by atoms with Crippen LogP contribution in [0.25, 0.3) is 0 Å². The zero-order valence-electron chi connectivity index (χ0n) is 10.8. The summed E-state index contributed by atoms with van der Waals surface area (Å²) in [4.78, 5) is 13.1. The topological polar surface area (TPSA) is 89.3 Å². The summed E-state index contributed by atoms with van der Waals surface area (Å²) in [6, 6.07) is 2.97. The average Bonchev–Trinajstić information content (AvgIpc) is 2.72. The summed E-state index contributed by atoms with van der Waals surface area (Å²) in [5.41, 5.74) is 5.26. The van der Waals surface area contributed by atoms with Gasteiger partial charge in [0.25, 0.3) is 5.91 Å². The molecule has 1 atom stereocenters. The second kappa shape index (κ2) is 6.70. The van der Waals surface area contributed by atoms with E-state index in [-0.39, 0.29) is 18.2 Å². The van der Waals surface area contributed by atoms with Gasteiger partial charge in [-0.3, -0.25) is 4.79 Å². The van der Waals surface area contributed by atoms with Gasteiger partial charge in [0.2, 0.25) is 0 Å². The standard InChI is InChI=1S/C12H16N2O3S2/c1-9(8-19(2,16)17)14-12(15)11-6-5-10(18-11)4-3-7-13/h5-6,9H,7-8,13H2,1-2H3,(H,14,15). The van der Waals surface area contributed by atoms with Gasteiger partial charge in [-0.15, -0.1) is 11.3 Å². The Morgan fingerprint density at radius 2 is 2.21 bits per heavy atom. The summed E-state index contributed by atoms with van der Waals surface area (Å²) >= 11 is 1.25. The smallest absolute Gasteiger partial charge is 0.261 e. The molecule has 1 heterocycles. The number of rotatable bonds is 4. The predicted molar refractivity (Wildman–Crippen MR) is 76.9 cm³/mol. The van der Waals surface area contributed by atoms with Crippen LogP contribution in [0.4, 0.5) is 0 Å². The van der Waals surface area contributed by atoms with Crippen molar-refractivity contribution in [1.29, 1.82) is 0 Å². The van der Waals surface area contributed by atoms with Gasteiger partial charge < -0.3 is 11.1 Å². The molecule has 1 unspecified atom stereocenters. The molecule has 0 aliphatic rings. The molecule has 19 heavy (non-hydrogen) atoms. The Bertz CT molecular complexity index is 608. The lowest BCUT2D eigenvalue weighted by atomic mass is 10.3. The van der Waals surface area contributed by atoms with Crippen molar-refractivity contribution in [1.82, 2.24) is 5.32 Å². The molecule has 0 spiro atoms. The molecule has 1 rings (SSSR count). The minimum absolute atomic E-state index is 0.0794. The van der Waals surface area contributed by atoms with Crippen molar-refractivity contribution in [3.05, 3.63) is 21.9 Å². The number of hydrogen-bond acceptors (Lipinski definition) is 5.